The lowest BCUT2D eigenvalue weighted by molar-refractivity contribution is -0.115. The van der Waals surface area contributed by atoms with E-state index >= 15 is 0 Å². The fourth-order valence-electron chi connectivity index (χ4n) is 2.14. The van der Waals surface area contributed by atoms with Crippen LogP contribution in [0.15, 0.2) is 29.6 Å². The first-order valence-electron chi connectivity index (χ1n) is 7.51. The molecule has 0 fully saturated rings. The van der Waals surface area contributed by atoms with E-state index in [4.69, 9.17) is 27.9 Å². The van der Waals surface area contributed by atoms with Crippen molar-refractivity contribution in [1.29, 1.82) is 0 Å². The van der Waals surface area contributed by atoms with Crippen molar-refractivity contribution in [3.8, 4) is 0 Å². The summed E-state index contributed by atoms with van der Waals surface area (Å²) in [6, 6.07) is 6.76. The zero-order valence-electron chi connectivity index (χ0n) is 13.7. The fourth-order valence-corrected chi connectivity index (χ4v) is 4.71. The average molecular weight is 418 g/mol. The van der Waals surface area contributed by atoms with Gasteiger partial charge in [0.05, 0.1) is 17.8 Å². The summed E-state index contributed by atoms with van der Waals surface area (Å²) in [7, 11) is 1.25. The molecule has 0 aliphatic rings. The Morgan fingerprint density at radius 2 is 2.12 bits per heavy atom. The third kappa shape index (κ3) is 5.14. The monoisotopic (exact) mass is 417 g/mol. The molecule has 0 aliphatic carbocycles. The summed E-state index contributed by atoms with van der Waals surface area (Å²) in [5.41, 5.74) is 0.334. The molecule has 1 heterocycles. The van der Waals surface area contributed by atoms with Crippen LogP contribution in [0.1, 0.15) is 33.8 Å². The van der Waals surface area contributed by atoms with E-state index in [2.05, 4.69) is 12.2 Å². The summed E-state index contributed by atoms with van der Waals surface area (Å²) in [6.07, 6.45) is 0.955. The van der Waals surface area contributed by atoms with Crippen LogP contribution < -0.4 is 5.32 Å². The highest BCUT2D eigenvalue weighted by atomic mass is 35.5. The summed E-state index contributed by atoms with van der Waals surface area (Å²) in [5, 5.41) is 4.79. The van der Waals surface area contributed by atoms with Crippen molar-refractivity contribution >= 4 is 63.9 Å². The molecule has 1 aromatic heterocycles. The van der Waals surface area contributed by atoms with Crippen molar-refractivity contribution < 1.29 is 14.3 Å². The number of amides is 1. The molecular formula is C17H17Cl2NO3S2. The molecule has 0 aliphatic heterocycles. The molecule has 2 rings (SSSR count). The Hall–Kier alpha value is -1.21. The minimum Gasteiger partial charge on any atom is -0.465 e. The van der Waals surface area contributed by atoms with Crippen molar-refractivity contribution in [3.05, 3.63) is 50.1 Å². The molecule has 25 heavy (non-hydrogen) atoms. The summed E-state index contributed by atoms with van der Waals surface area (Å²) in [6.45, 7) is 2.06. The molecule has 1 aromatic carbocycles. The first-order chi connectivity index (χ1) is 12.0. The number of hydrogen-bond donors (Lipinski definition) is 1. The van der Waals surface area contributed by atoms with E-state index in [1.54, 1.807) is 11.8 Å². The molecule has 1 N–H and O–H groups in total. The van der Waals surface area contributed by atoms with E-state index < -0.39 is 5.97 Å². The quantitative estimate of drug-likeness (QED) is 0.589. The Morgan fingerprint density at radius 1 is 1.36 bits per heavy atom. The Morgan fingerprint density at radius 3 is 2.72 bits per heavy atom. The highest BCUT2D eigenvalue weighted by Crippen LogP contribution is 2.35. The van der Waals surface area contributed by atoms with Gasteiger partial charge in [-0.25, -0.2) is 4.79 Å². The Balaban J connectivity index is 2.33. The summed E-state index contributed by atoms with van der Waals surface area (Å²) >= 11 is 15.2. The van der Waals surface area contributed by atoms with Crippen LogP contribution in [0.3, 0.4) is 0 Å². The van der Waals surface area contributed by atoms with Crippen LogP contribution in [0.5, 0.6) is 0 Å². The molecular weight excluding hydrogens is 401 g/mol. The number of anilines is 1. The average Bonchev–Trinajstić information content (AvgIpc) is 3.08. The maximum atomic E-state index is 12.8. The van der Waals surface area contributed by atoms with Gasteiger partial charge in [-0.05, 0) is 35.8 Å². The van der Waals surface area contributed by atoms with E-state index in [1.807, 2.05) is 17.5 Å². The molecule has 1 atom stereocenters. The zero-order chi connectivity index (χ0) is 18.4. The number of halogens is 2. The number of esters is 1. The van der Waals surface area contributed by atoms with Gasteiger partial charge < -0.3 is 10.1 Å². The van der Waals surface area contributed by atoms with E-state index in [0.29, 0.717) is 5.02 Å². The molecule has 0 saturated carbocycles. The molecule has 1 unspecified atom stereocenters. The number of methoxy groups -OCH3 is 1. The van der Waals surface area contributed by atoms with Crippen molar-refractivity contribution in [2.24, 2.45) is 0 Å². The third-order valence-corrected chi connectivity index (χ3v) is 6.28. The van der Waals surface area contributed by atoms with Crippen LogP contribution in [0.4, 0.5) is 5.69 Å². The van der Waals surface area contributed by atoms with Gasteiger partial charge in [0.1, 0.15) is 10.8 Å². The predicted octanol–water partition coefficient (Wildman–Crippen LogP) is 5.66. The topological polar surface area (TPSA) is 55.4 Å². The number of carbonyl (C=O) groups is 2. The highest BCUT2D eigenvalue weighted by Gasteiger charge is 2.25. The fraction of sp³-hybridized carbons (Fsp3) is 0.294. The molecule has 0 bridgehead atoms. The Bertz CT molecular complexity index is 751. The van der Waals surface area contributed by atoms with Crippen LogP contribution in [0.2, 0.25) is 10.0 Å². The molecule has 0 saturated heterocycles. The second-order valence-electron chi connectivity index (χ2n) is 5.06. The number of thiophene rings is 1. The lowest BCUT2D eigenvalue weighted by Gasteiger charge is -2.17. The standard InChI is InChI=1S/C17H17Cl2NO3S2/c1-3-6-25-15(13-5-4-7-24-13)16(21)20-12-9-10(18)8-11(19)14(12)17(22)23-2/h4-5,7-9,15H,3,6H2,1-2H3,(H,20,21). The second kappa shape index (κ2) is 9.48. The molecule has 0 spiro atoms. The van der Waals surface area contributed by atoms with Gasteiger partial charge in [-0.3, -0.25) is 4.79 Å². The molecule has 4 nitrogen and oxygen atoms in total. The first-order valence-corrected chi connectivity index (χ1v) is 10.2. The molecule has 1 amide bonds. The summed E-state index contributed by atoms with van der Waals surface area (Å²) < 4.78 is 4.76. The van der Waals surface area contributed by atoms with Crippen LogP contribution >= 0.6 is 46.3 Å². The van der Waals surface area contributed by atoms with Crippen molar-refractivity contribution in [1.82, 2.24) is 0 Å². The Kier molecular flexibility index (Phi) is 7.62. The van der Waals surface area contributed by atoms with E-state index in [9.17, 15) is 9.59 Å². The van der Waals surface area contributed by atoms with E-state index in [0.717, 1.165) is 17.1 Å². The van der Waals surface area contributed by atoms with Gasteiger partial charge in [-0.2, -0.15) is 0 Å². The van der Waals surface area contributed by atoms with Gasteiger partial charge in [-0.15, -0.1) is 23.1 Å². The SMILES string of the molecule is CCCSC(C(=O)Nc1cc(Cl)cc(Cl)c1C(=O)OC)c1cccs1. The van der Waals surface area contributed by atoms with E-state index in [1.165, 1.54) is 30.6 Å². The first kappa shape index (κ1) is 20.1. The zero-order valence-corrected chi connectivity index (χ0v) is 16.8. The summed E-state index contributed by atoms with van der Waals surface area (Å²) in [5.74, 6) is -0.0221. The maximum absolute atomic E-state index is 12.8. The third-order valence-electron chi connectivity index (χ3n) is 3.23. The largest absolute Gasteiger partial charge is 0.465 e. The molecule has 8 heteroatoms. The van der Waals surface area contributed by atoms with Crippen molar-refractivity contribution in [3.63, 3.8) is 0 Å². The smallest absolute Gasteiger partial charge is 0.341 e. The van der Waals surface area contributed by atoms with Gasteiger partial charge in [0.2, 0.25) is 5.91 Å². The van der Waals surface area contributed by atoms with Crippen LogP contribution in [0, 0.1) is 0 Å². The van der Waals surface area contributed by atoms with E-state index in [-0.39, 0.29) is 27.4 Å². The molecule has 134 valence electrons. The predicted molar refractivity (Wildman–Crippen MR) is 106 cm³/mol. The molecule has 0 radical (unpaired) electrons. The second-order valence-corrected chi connectivity index (χ2v) is 8.09. The minimum atomic E-state index is -0.633. The number of benzene rings is 1. The normalized spacial score (nSPS) is 11.8. The maximum Gasteiger partial charge on any atom is 0.341 e. The van der Waals surface area contributed by atoms with Crippen LogP contribution in [-0.4, -0.2) is 24.7 Å². The number of ether oxygens (including phenoxy) is 1. The van der Waals surface area contributed by atoms with Gasteiger partial charge in [0.25, 0.3) is 0 Å². The number of thioether (sulfide) groups is 1. The lowest BCUT2D eigenvalue weighted by Crippen LogP contribution is -2.21. The number of carbonyl (C=O) groups excluding carboxylic acids is 2. The van der Waals surface area contributed by atoms with Crippen LogP contribution in [-0.2, 0) is 9.53 Å². The molecule has 2 aromatic rings. The highest BCUT2D eigenvalue weighted by molar-refractivity contribution is 8.00. The number of rotatable bonds is 7. The van der Waals surface area contributed by atoms with Gasteiger partial charge in [-0.1, -0.05) is 36.2 Å². The van der Waals surface area contributed by atoms with Gasteiger partial charge in [0, 0.05) is 9.90 Å². The summed E-state index contributed by atoms with van der Waals surface area (Å²) in [4.78, 5) is 25.8. The lowest BCUT2D eigenvalue weighted by atomic mass is 10.1. The minimum absolute atomic E-state index is 0.0901. The van der Waals surface area contributed by atoms with Crippen LogP contribution in [0.25, 0.3) is 0 Å². The van der Waals surface area contributed by atoms with Gasteiger partial charge in [0.15, 0.2) is 0 Å². The van der Waals surface area contributed by atoms with Gasteiger partial charge >= 0.3 is 5.97 Å². The Labute approximate surface area is 164 Å². The number of hydrogen-bond acceptors (Lipinski definition) is 5. The number of nitrogens with one attached hydrogen (secondary N) is 1. The van der Waals surface area contributed by atoms with Crippen molar-refractivity contribution in [2.75, 3.05) is 18.2 Å². The van der Waals surface area contributed by atoms with Crippen molar-refractivity contribution in [2.45, 2.75) is 18.6 Å².